The number of aliphatic carboxylic acids is 1. The minimum Gasteiger partial charge on any atom is -0.480 e. The fraction of sp³-hybridized carbons (Fsp3) is 0.667. The average Bonchev–Trinajstić information content (AvgIpc) is 2.81. The molecule has 0 spiro atoms. The van der Waals surface area contributed by atoms with E-state index in [9.17, 15) is 9.59 Å². The van der Waals surface area contributed by atoms with Crippen LogP contribution in [-0.2, 0) is 17.9 Å². The number of carbonyl (C=O) groups is 2. The third-order valence-corrected chi connectivity index (χ3v) is 3.38. The Labute approximate surface area is 117 Å². The molecular formula is C12H21N5O3. The first kappa shape index (κ1) is 15.9. The van der Waals surface area contributed by atoms with Crippen LogP contribution in [0.4, 0.5) is 4.79 Å². The van der Waals surface area contributed by atoms with Gasteiger partial charge >= 0.3 is 12.0 Å². The molecular weight excluding hydrogens is 262 g/mol. The van der Waals surface area contributed by atoms with Crippen LogP contribution in [0.2, 0.25) is 0 Å². The zero-order valence-electron chi connectivity index (χ0n) is 12.3. The maximum atomic E-state index is 12.0. The summed E-state index contributed by atoms with van der Waals surface area (Å²) in [7, 11) is 1.74. The maximum Gasteiger partial charge on any atom is 0.325 e. The van der Waals surface area contributed by atoms with E-state index in [4.69, 9.17) is 5.11 Å². The van der Waals surface area contributed by atoms with Gasteiger partial charge < -0.3 is 15.3 Å². The average molecular weight is 283 g/mol. The van der Waals surface area contributed by atoms with Gasteiger partial charge in [-0.05, 0) is 20.3 Å². The third kappa shape index (κ3) is 4.22. The molecule has 0 bridgehead atoms. The molecule has 0 radical (unpaired) electrons. The normalized spacial score (nSPS) is 11.2. The Morgan fingerprint density at radius 3 is 2.70 bits per heavy atom. The number of nitrogens with zero attached hydrogens (tertiary/aromatic N) is 4. The molecule has 1 aromatic heterocycles. The number of urea groups is 1. The van der Waals surface area contributed by atoms with Gasteiger partial charge in [0.25, 0.3) is 0 Å². The van der Waals surface area contributed by atoms with E-state index < -0.39 is 5.97 Å². The number of carboxylic acids is 1. The van der Waals surface area contributed by atoms with Crippen LogP contribution in [0.25, 0.3) is 0 Å². The molecule has 0 aliphatic carbocycles. The minimum absolute atomic E-state index is 0.204. The lowest BCUT2D eigenvalue weighted by Gasteiger charge is -2.34. The number of carboxylic acid groups (broad SMARTS) is 1. The van der Waals surface area contributed by atoms with Gasteiger partial charge in [-0.1, -0.05) is 12.1 Å². The van der Waals surface area contributed by atoms with Gasteiger partial charge in [-0.25, -0.2) is 9.48 Å². The second-order valence-corrected chi connectivity index (χ2v) is 5.18. The lowest BCUT2D eigenvalue weighted by molar-refractivity contribution is -0.137. The standard InChI is InChI=1S/C12H21N5O3/c1-5-12(2,3)16(4)11(20)13-6-9-7-17(15-14-9)8-10(18)19/h7H,5-6,8H2,1-4H3,(H,13,20)(H,18,19). The van der Waals surface area contributed by atoms with Crippen molar-refractivity contribution in [1.82, 2.24) is 25.2 Å². The predicted octanol–water partition coefficient (Wildman–Crippen LogP) is 0.693. The molecule has 0 saturated heterocycles. The van der Waals surface area contributed by atoms with Crippen LogP contribution in [0, 0.1) is 0 Å². The van der Waals surface area contributed by atoms with E-state index in [-0.39, 0.29) is 24.7 Å². The number of hydrogen-bond acceptors (Lipinski definition) is 4. The smallest absolute Gasteiger partial charge is 0.325 e. The summed E-state index contributed by atoms with van der Waals surface area (Å²) in [6.45, 7) is 5.94. The van der Waals surface area contributed by atoms with Crippen LogP contribution in [0.5, 0.6) is 0 Å². The van der Waals surface area contributed by atoms with E-state index in [1.807, 2.05) is 20.8 Å². The first-order valence-electron chi connectivity index (χ1n) is 6.38. The van der Waals surface area contributed by atoms with Gasteiger partial charge in [-0.2, -0.15) is 0 Å². The molecule has 1 rings (SSSR count). The van der Waals surface area contributed by atoms with E-state index >= 15 is 0 Å². The zero-order valence-corrected chi connectivity index (χ0v) is 12.3. The fourth-order valence-electron chi connectivity index (χ4n) is 1.43. The highest BCUT2D eigenvalue weighted by Crippen LogP contribution is 2.16. The van der Waals surface area contributed by atoms with Crippen molar-refractivity contribution in [3.8, 4) is 0 Å². The molecule has 0 atom stereocenters. The summed E-state index contributed by atoms with van der Waals surface area (Å²) in [5.41, 5.74) is 0.285. The fourth-order valence-corrected chi connectivity index (χ4v) is 1.43. The zero-order chi connectivity index (χ0) is 15.3. The van der Waals surface area contributed by atoms with Crippen molar-refractivity contribution in [1.29, 1.82) is 0 Å². The van der Waals surface area contributed by atoms with E-state index in [0.717, 1.165) is 6.42 Å². The monoisotopic (exact) mass is 283 g/mol. The van der Waals surface area contributed by atoms with Crippen molar-refractivity contribution >= 4 is 12.0 Å². The van der Waals surface area contributed by atoms with Gasteiger partial charge in [0.1, 0.15) is 12.2 Å². The summed E-state index contributed by atoms with van der Waals surface area (Å²) < 4.78 is 1.21. The molecule has 8 heteroatoms. The van der Waals surface area contributed by atoms with Gasteiger partial charge in [0.2, 0.25) is 0 Å². The van der Waals surface area contributed by atoms with Gasteiger partial charge in [0, 0.05) is 12.6 Å². The largest absolute Gasteiger partial charge is 0.480 e. The molecule has 0 unspecified atom stereocenters. The highest BCUT2D eigenvalue weighted by Gasteiger charge is 2.25. The van der Waals surface area contributed by atoms with E-state index in [0.29, 0.717) is 5.69 Å². The van der Waals surface area contributed by atoms with Gasteiger partial charge in [-0.15, -0.1) is 5.10 Å². The second kappa shape index (κ2) is 6.36. The number of amides is 2. The second-order valence-electron chi connectivity index (χ2n) is 5.18. The van der Waals surface area contributed by atoms with Crippen molar-refractivity contribution in [2.75, 3.05) is 7.05 Å². The molecule has 20 heavy (non-hydrogen) atoms. The van der Waals surface area contributed by atoms with Crippen LogP contribution < -0.4 is 5.32 Å². The number of rotatable bonds is 6. The third-order valence-electron chi connectivity index (χ3n) is 3.38. The van der Waals surface area contributed by atoms with E-state index in [1.54, 1.807) is 11.9 Å². The molecule has 0 aromatic carbocycles. The molecule has 0 fully saturated rings. The molecule has 0 aliphatic heterocycles. The SMILES string of the molecule is CCC(C)(C)N(C)C(=O)NCc1cn(CC(=O)O)nn1. The molecule has 8 nitrogen and oxygen atoms in total. The number of nitrogens with one attached hydrogen (secondary N) is 1. The van der Waals surface area contributed by atoms with Crippen molar-refractivity contribution in [3.63, 3.8) is 0 Å². The van der Waals surface area contributed by atoms with Crippen LogP contribution in [-0.4, -0.2) is 49.6 Å². The Morgan fingerprint density at radius 1 is 1.50 bits per heavy atom. The summed E-state index contributed by atoms with van der Waals surface area (Å²) >= 11 is 0. The first-order valence-corrected chi connectivity index (χ1v) is 6.38. The summed E-state index contributed by atoms with van der Waals surface area (Å²) in [6.07, 6.45) is 2.34. The number of carbonyl (C=O) groups excluding carboxylic acids is 1. The van der Waals surface area contributed by atoms with Crippen LogP contribution in [0.1, 0.15) is 32.9 Å². The highest BCUT2D eigenvalue weighted by atomic mass is 16.4. The lowest BCUT2D eigenvalue weighted by Crippen LogP contribution is -2.49. The van der Waals surface area contributed by atoms with Gasteiger partial charge in [0.05, 0.1) is 12.7 Å². The molecule has 112 valence electrons. The van der Waals surface area contributed by atoms with Crippen LogP contribution >= 0.6 is 0 Å². The summed E-state index contributed by atoms with van der Waals surface area (Å²) in [6, 6.07) is -0.204. The van der Waals surface area contributed by atoms with Gasteiger partial charge in [-0.3, -0.25) is 4.79 Å². The number of aromatic nitrogens is 3. The summed E-state index contributed by atoms with van der Waals surface area (Å²) in [5.74, 6) is -0.991. The molecule has 2 N–H and O–H groups in total. The van der Waals surface area contributed by atoms with Crippen molar-refractivity contribution in [2.45, 2.75) is 45.8 Å². The Hall–Kier alpha value is -2.12. The van der Waals surface area contributed by atoms with Gasteiger partial charge in [0.15, 0.2) is 0 Å². The van der Waals surface area contributed by atoms with E-state index in [2.05, 4.69) is 15.6 Å². The molecule has 0 aliphatic rings. The highest BCUT2D eigenvalue weighted by molar-refractivity contribution is 5.74. The maximum absolute atomic E-state index is 12.0. The van der Waals surface area contributed by atoms with Crippen LogP contribution in [0.3, 0.4) is 0 Å². The Kier molecular flexibility index (Phi) is 5.06. The molecule has 0 saturated carbocycles. The first-order chi connectivity index (χ1) is 9.26. The molecule has 2 amide bonds. The van der Waals surface area contributed by atoms with E-state index in [1.165, 1.54) is 10.9 Å². The van der Waals surface area contributed by atoms with Crippen LogP contribution in [0.15, 0.2) is 6.20 Å². The number of hydrogen-bond donors (Lipinski definition) is 2. The Morgan fingerprint density at radius 2 is 2.15 bits per heavy atom. The molecule has 1 aromatic rings. The van der Waals surface area contributed by atoms with Crippen molar-refractivity contribution < 1.29 is 14.7 Å². The summed E-state index contributed by atoms with van der Waals surface area (Å²) in [4.78, 5) is 24.1. The summed E-state index contributed by atoms with van der Waals surface area (Å²) in [5, 5.41) is 18.8. The predicted molar refractivity (Wildman–Crippen MR) is 72.0 cm³/mol. The topological polar surface area (TPSA) is 100 Å². The minimum atomic E-state index is -0.991. The molecule has 1 heterocycles. The van der Waals surface area contributed by atoms with Crippen molar-refractivity contribution in [3.05, 3.63) is 11.9 Å². The lowest BCUT2D eigenvalue weighted by atomic mass is 10.0. The Balaban J connectivity index is 2.53. The Bertz CT molecular complexity index is 483. The quantitative estimate of drug-likeness (QED) is 0.800. The van der Waals surface area contributed by atoms with Crippen molar-refractivity contribution in [2.24, 2.45) is 0 Å².